The molecule has 0 saturated heterocycles. The molecule has 0 radical (unpaired) electrons. The van der Waals surface area contributed by atoms with E-state index in [1.54, 1.807) is 31.5 Å². The number of methoxy groups -OCH3 is 1. The SMILES string of the molecule is COc1ccc(C2(c3ccc(F)c(-c4cncc(Cl)c4)c3)C=C(N)NC2)cc1Cl. The van der Waals surface area contributed by atoms with E-state index in [1.165, 1.54) is 12.3 Å². The van der Waals surface area contributed by atoms with Gasteiger partial charge in [-0.15, -0.1) is 0 Å². The molecule has 1 aliphatic rings. The van der Waals surface area contributed by atoms with Crippen molar-refractivity contribution in [3.63, 3.8) is 0 Å². The summed E-state index contributed by atoms with van der Waals surface area (Å²) in [5.41, 5.74) is 8.24. The van der Waals surface area contributed by atoms with Crippen LogP contribution < -0.4 is 15.8 Å². The highest BCUT2D eigenvalue weighted by Gasteiger charge is 2.37. The van der Waals surface area contributed by atoms with E-state index >= 15 is 0 Å². The number of aromatic nitrogens is 1. The second-order valence-electron chi connectivity index (χ2n) is 6.86. The fourth-order valence-corrected chi connectivity index (χ4v) is 4.11. The van der Waals surface area contributed by atoms with Gasteiger partial charge in [0, 0.05) is 30.1 Å². The van der Waals surface area contributed by atoms with Crippen LogP contribution in [0.5, 0.6) is 5.75 Å². The summed E-state index contributed by atoms with van der Waals surface area (Å²) in [6, 6.07) is 12.3. The number of nitrogens with two attached hydrogens (primary N) is 1. The van der Waals surface area contributed by atoms with Gasteiger partial charge in [-0.2, -0.15) is 0 Å². The molecule has 4 rings (SSSR count). The van der Waals surface area contributed by atoms with Gasteiger partial charge in [0.25, 0.3) is 0 Å². The molecule has 3 aromatic rings. The van der Waals surface area contributed by atoms with E-state index in [2.05, 4.69) is 10.3 Å². The Morgan fingerprint density at radius 3 is 2.52 bits per heavy atom. The predicted molar refractivity (Wildman–Crippen MR) is 114 cm³/mol. The maximum absolute atomic E-state index is 14.7. The van der Waals surface area contributed by atoms with E-state index in [4.69, 9.17) is 33.7 Å². The zero-order valence-electron chi connectivity index (χ0n) is 15.5. The number of nitrogens with one attached hydrogen (secondary N) is 1. The Kier molecular flexibility index (Phi) is 5.11. The summed E-state index contributed by atoms with van der Waals surface area (Å²) in [6.07, 6.45) is 5.03. The minimum absolute atomic E-state index is 0.358. The molecular formula is C22H18Cl2FN3O. The van der Waals surface area contributed by atoms with Crippen LogP contribution in [-0.2, 0) is 5.41 Å². The van der Waals surface area contributed by atoms with Crippen LogP contribution in [-0.4, -0.2) is 18.6 Å². The Bertz CT molecular complexity index is 1120. The smallest absolute Gasteiger partial charge is 0.137 e. The van der Waals surface area contributed by atoms with Crippen molar-refractivity contribution in [2.75, 3.05) is 13.7 Å². The van der Waals surface area contributed by atoms with Crippen LogP contribution in [0.15, 0.2) is 66.8 Å². The highest BCUT2D eigenvalue weighted by Crippen LogP contribution is 2.41. The topological polar surface area (TPSA) is 60.2 Å². The molecule has 4 nitrogen and oxygen atoms in total. The lowest BCUT2D eigenvalue weighted by atomic mass is 9.74. The van der Waals surface area contributed by atoms with Crippen LogP contribution >= 0.6 is 23.2 Å². The molecule has 0 aliphatic carbocycles. The predicted octanol–water partition coefficient (Wildman–Crippen LogP) is 4.89. The molecule has 1 aromatic heterocycles. The summed E-state index contributed by atoms with van der Waals surface area (Å²) in [4.78, 5) is 4.07. The highest BCUT2D eigenvalue weighted by atomic mass is 35.5. The molecule has 7 heteroatoms. The molecule has 29 heavy (non-hydrogen) atoms. The number of rotatable bonds is 4. The van der Waals surface area contributed by atoms with Gasteiger partial charge in [0.05, 0.1) is 28.4 Å². The third kappa shape index (κ3) is 3.52. The first-order chi connectivity index (χ1) is 13.9. The van der Waals surface area contributed by atoms with Crippen LogP contribution in [0.1, 0.15) is 11.1 Å². The monoisotopic (exact) mass is 429 g/mol. The number of halogens is 3. The normalized spacial score (nSPS) is 18.3. The second kappa shape index (κ2) is 7.58. The molecule has 1 unspecified atom stereocenters. The highest BCUT2D eigenvalue weighted by molar-refractivity contribution is 6.32. The van der Waals surface area contributed by atoms with Gasteiger partial charge in [0.1, 0.15) is 11.6 Å². The first-order valence-corrected chi connectivity index (χ1v) is 9.66. The molecule has 2 heterocycles. The molecule has 3 N–H and O–H groups in total. The number of nitrogens with zero attached hydrogens (tertiary/aromatic N) is 1. The van der Waals surface area contributed by atoms with Crippen molar-refractivity contribution in [3.8, 4) is 16.9 Å². The summed E-state index contributed by atoms with van der Waals surface area (Å²) in [5.74, 6) is 0.772. The minimum atomic E-state index is -0.617. The molecule has 148 valence electrons. The van der Waals surface area contributed by atoms with Crippen LogP contribution in [0.3, 0.4) is 0 Å². The third-order valence-electron chi connectivity index (χ3n) is 5.14. The Morgan fingerprint density at radius 1 is 1.10 bits per heavy atom. The van der Waals surface area contributed by atoms with Gasteiger partial charge >= 0.3 is 0 Å². The van der Waals surface area contributed by atoms with Gasteiger partial charge in [-0.05, 0) is 47.5 Å². The number of pyridine rings is 1. The van der Waals surface area contributed by atoms with Crippen molar-refractivity contribution < 1.29 is 9.13 Å². The molecule has 2 aromatic carbocycles. The third-order valence-corrected chi connectivity index (χ3v) is 5.64. The van der Waals surface area contributed by atoms with Crippen LogP contribution in [0, 0.1) is 5.82 Å². The van der Waals surface area contributed by atoms with E-state index in [0.29, 0.717) is 39.3 Å². The molecule has 0 spiro atoms. The van der Waals surface area contributed by atoms with Gasteiger partial charge in [0.15, 0.2) is 0 Å². The fourth-order valence-electron chi connectivity index (χ4n) is 3.67. The maximum atomic E-state index is 14.7. The average molecular weight is 430 g/mol. The van der Waals surface area contributed by atoms with Crippen LogP contribution in [0.4, 0.5) is 4.39 Å². The van der Waals surface area contributed by atoms with Gasteiger partial charge in [-0.3, -0.25) is 4.98 Å². The van der Waals surface area contributed by atoms with E-state index in [0.717, 1.165) is 11.1 Å². The largest absolute Gasteiger partial charge is 0.495 e. The molecule has 0 amide bonds. The lowest BCUT2D eigenvalue weighted by molar-refractivity contribution is 0.414. The first-order valence-electron chi connectivity index (χ1n) is 8.90. The Labute approximate surface area is 178 Å². The first kappa shape index (κ1) is 19.6. The second-order valence-corrected chi connectivity index (χ2v) is 7.70. The number of hydrogen-bond acceptors (Lipinski definition) is 4. The van der Waals surface area contributed by atoms with E-state index in [1.807, 2.05) is 24.3 Å². The van der Waals surface area contributed by atoms with Crippen molar-refractivity contribution in [1.29, 1.82) is 0 Å². The fraction of sp³-hybridized carbons (Fsp3) is 0.136. The summed E-state index contributed by atoms with van der Waals surface area (Å²) in [6.45, 7) is 0.514. The molecule has 0 saturated carbocycles. The van der Waals surface area contributed by atoms with Gasteiger partial charge in [0.2, 0.25) is 0 Å². The van der Waals surface area contributed by atoms with Gasteiger partial charge < -0.3 is 15.8 Å². The summed E-state index contributed by atoms with van der Waals surface area (Å²) in [5, 5.41) is 4.11. The van der Waals surface area contributed by atoms with Gasteiger partial charge in [-0.25, -0.2) is 4.39 Å². The van der Waals surface area contributed by atoms with E-state index in [-0.39, 0.29) is 5.82 Å². The average Bonchev–Trinajstić information content (AvgIpc) is 3.11. The molecule has 1 atom stereocenters. The summed E-state index contributed by atoms with van der Waals surface area (Å²) < 4.78 is 19.9. The lowest BCUT2D eigenvalue weighted by Crippen LogP contribution is -2.31. The Balaban J connectivity index is 1.90. The lowest BCUT2D eigenvalue weighted by Gasteiger charge is -2.29. The minimum Gasteiger partial charge on any atom is -0.495 e. The van der Waals surface area contributed by atoms with Crippen molar-refractivity contribution in [2.45, 2.75) is 5.41 Å². The standard InChI is InChI=1S/C22H18Cl2FN3O/c1-29-20-5-3-15(8-18(20)24)22(9-21(26)28-12-22)14-2-4-19(25)17(7-14)13-6-16(23)11-27-10-13/h2-11,28H,12,26H2,1H3. The van der Waals surface area contributed by atoms with Crippen molar-refractivity contribution in [3.05, 3.63) is 93.7 Å². The van der Waals surface area contributed by atoms with Crippen LogP contribution in [0.25, 0.3) is 11.1 Å². The molecule has 0 fully saturated rings. The number of benzene rings is 2. The van der Waals surface area contributed by atoms with Crippen molar-refractivity contribution in [1.82, 2.24) is 10.3 Å². The molecule has 0 bridgehead atoms. The zero-order chi connectivity index (χ0) is 20.6. The van der Waals surface area contributed by atoms with Crippen molar-refractivity contribution in [2.24, 2.45) is 5.73 Å². The summed E-state index contributed by atoms with van der Waals surface area (Å²) >= 11 is 12.4. The Morgan fingerprint density at radius 2 is 1.86 bits per heavy atom. The zero-order valence-corrected chi connectivity index (χ0v) is 17.1. The maximum Gasteiger partial charge on any atom is 0.137 e. The van der Waals surface area contributed by atoms with E-state index < -0.39 is 5.41 Å². The van der Waals surface area contributed by atoms with Gasteiger partial charge in [-0.1, -0.05) is 35.3 Å². The van der Waals surface area contributed by atoms with Crippen LogP contribution in [0.2, 0.25) is 10.0 Å². The summed E-state index contributed by atoms with van der Waals surface area (Å²) in [7, 11) is 1.57. The van der Waals surface area contributed by atoms with Crippen molar-refractivity contribution >= 4 is 23.2 Å². The Hall–Kier alpha value is -2.76. The quantitative estimate of drug-likeness (QED) is 0.619. The molecular weight excluding hydrogens is 412 g/mol. The van der Waals surface area contributed by atoms with E-state index in [9.17, 15) is 4.39 Å². The molecule has 1 aliphatic heterocycles. The number of hydrogen-bond donors (Lipinski definition) is 2. The number of ether oxygens (including phenoxy) is 1.